The molecule has 0 aliphatic carbocycles. The number of aryl methyl sites for hydroxylation is 1. The Hall–Kier alpha value is -1.69. The van der Waals surface area contributed by atoms with E-state index < -0.39 is 0 Å². The summed E-state index contributed by atoms with van der Waals surface area (Å²) in [7, 11) is 0. The number of hydrogen-bond acceptors (Lipinski definition) is 5. The Bertz CT molecular complexity index is 492. The average Bonchev–Trinajstić information content (AvgIpc) is 3.05. The fourth-order valence-electron chi connectivity index (χ4n) is 2.54. The third kappa shape index (κ3) is 2.43. The molecular weight excluding hydrogens is 230 g/mol. The summed E-state index contributed by atoms with van der Waals surface area (Å²) < 4.78 is 7.18. The minimum absolute atomic E-state index is 0.511. The molecule has 6 nitrogen and oxygen atoms in total. The lowest BCUT2D eigenvalue weighted by atomic mass is 10.2. The van der Waals surface area contributed by atoms with E-state index in [1.54, 1.807) is 12.7 Å². The quantitative estimate of drug-likeness (QED) is 0.813. The first-order chi connectivity index (χ1) is 8.81. The number of nitrogens with zero attached hydrogens (tertiary/aromatic N) is 5. The van der Waals surface area contributed by atoms with Crippen LogP contribution in [-0.4, -0.2) is 37.4 Å². The molecule has 1 fully saturated rings. The van der Waals surface area contributed by atoms with E-state index >= 15 is 0 Å². The lowest BCUT2D eigenvalue weighted by Gasteiger charge is -2.22. The highest BCUT2D eigenvalue weighted by Crippen LogP contribution is 2.21. The SMILES string of the molecule is Cc1cc(CN2CCCC2Cn2cncn2)on1. The Morgan fingerprint density at radius 3 is 3.17 bits per heavy atom. The molecule has 2 aromatic rings. The van der Waals surface area contributed by atoms with E-state index in [1.165, 1.54) is 12.8 Å². The van der Waals surface area contributed by atoms with Gasteiger partial charge in [0.2, 0.25) is 0 Å². The molecule has 3 rings (SSSR count). The van der Waals surface area contributed by atoms with E-state index in [2.05, 4.69) is 20.1 Å². The van der Waals surface area contributed by atoms with E-state index in [0.29, 0.717) is 6.04 Å². The molecular formula is C12H17N5O. The molecule has 2 aromatic heterocycles. The molecule has 1 aliphatic rings. The summed E-state index contributed by atoms with van der Waals surface area (Å²) in [5.74, 6) is 0.943. The van der Waals surface area contributed by atoms with Crippen LogP contribution in [0.2, 0.25) is 0 Å². The molecule has 1 aliphatic heterocycles. The number of hydrogen-bond donors (Lipinski definition) is 0. The van der Waals surface area contributed by atoms with E-state index in [-0.39, 0.29) is 0 Å². The van der Waals surface area contributed by atoms with Crippen molar-refractivity contribution >= 4 is 0 Å². The molecule has 3 heterocycles. The Labute approximate surface area is 106 Å². The van der Waals surface area contributed by atoms with Gasteiger partial charge in [0.25, 0.3) is 0 Å². The van der Waals surface area contributed by atoms with Crippen molar-refractivity contribution in [2.24, 2.45) is 0 Å². The second-order valence-electron chi connectivity index (χ2n) is 4.82. The van der Waals surface area contributed by atoms with Gasteiger partial charge in [0.1, 0.15) is 12.7 Å². The molecule has 1 atom stereocenters. The summed E-state index contributed by atoms with van der Waals surface area (Å²) in [6, 6.07) is 2.52. The van der Waals surface area contributed by atoms with Crippen molar-refractivity contribution in [1.29, 1.82) is 0 Å². The Morgan fingerprint density at radius 2 is 2.44 bits per heavy atom. The van der Waals surface area contributed by atoms with Gasteiger partial charge in [-0.05, 0) is 26.3 Å². The maximum Gasteiger partial charge on any atom is 0.150 e. The topological polar surface area (TPSA) is 60.0 Å². The number of aromatic nitrogens is 4. The molecule has 0 aromatic carbocycles. The lowest BCUT2D eigenvalue weighted by molar-refractivity contribution is 0.195. The van der Waals surface area contributed by atoms with Crippen molar-refractivity contribution in [3.63, 3.8) is 0 Å². The third-order valence-corrected chi connectivity index (χ3v) is 3.40. The van der Waals surface area contributed by atoms with Gasteiger partial charge in [-0.15, -0.1) is 0 Å². The molecule has 0 N–H and O–H groups in total. The average molecular weight is 247 g/mol. The monoisotopic (exact) mass is 247 g/mol. The summed E-state index contributed by atoms with van der Waals surface area (Å²) in [5.41, 5.74) is 0.942. The van der Waals surface area contributed by atoms with Crippen LogP contribution in [0.25, 0.3) is 0 Å². The normalized spacial score (nSPS) is 20.6. The largest absolute Gasteiger partial charge is 0.360 e. The van der Waals surface area contributed by atoms with Gasteiger partial charge in [-0.25, -0.2) is 4.98 Å². The smallest absolute Gasteiger partial charge is 0.150 e. The first-order valence-corrected chi connectivity index (χ1v) is 6.30. The van der Waals surface area contributed by atoms with Gasteiger partial charge in [0.15, 0.2) is 5.76 Å². The van der Waals surface area contributed by atoms with E-state index in [1.807, 2.05) is 17.7 Å². The van der Waals surface area contributed by atoms with Gasteiger partial charge >= 0.3 is 0 Å². The van der Waals surface area contributed by atoms with Crippen LogP contribution in [0.4, 0.5) is 0 Å². The van der Waals surface area contributed by atoms with Crippen LogP contribution < -0.4 is 0 Å². The standard InChI is InChI=1S/C12H17N5O/c1-10-5-12(18-15-10)7-16-4-2-3-11(16)6-17-9-13-8-14-17/h5,8-9,11H,2-4,6-7H2,1H3. The first kappa shape index (κ1) is 11.4. The highest BCUT2D eigenvalue weighted by Gasteiger charge is 2.26. The van der Waals surface area contributed by atoms with Crippen molar-refractivity contribution in [3.05, 3.63) is 30.2 Å². The summed E-state index contributed by atoms with van der Waals surface area (Å²) in [4.78, 5) is 6.41. The van der Waals surface area contributed by atoms with Gasteiger partial charge < -0.3 is 4.52 Å². The minimum Gasteiger partial charge on any atom is -0.360 e. The maximum absolute atomic E-state index is 5.28. The molecule has 0 saturated carbocycles. The van der Waals surface area contributed by atoms with Gasteiger partial charge in [-0.1, -0.05) is 5.16 Å². The number of rotatable bonds is 4. The zero-order chi connectivity index (χ0) is 12.4. The second-order valence-corrected chi connectivity index (χ2v) is 4.82. The summed E-state index contributed by atoms with van der Waals surface area (Å²) >= 11 is 0. The van der Waals surface area contributed by atoms with Crippen molar-refractivity contribution < 1.29 is 4.52 Å². The van der Waals surface area contributed by atoms with E-state index in [9.17, 15) is 0 Å². The van der Waals surface area contributed by atoms with Crippen LogP contribution in [0, 0.1) is 6.92 Å². The van der Waals surface area contributed by atoms with E-state index in [4.69, 9.17) is 4.52 Å². The molecule has 18 heavy (non-hydrogen) atoms. The van der Waals surface area contributed by atoms with Crippen molar-refractivity contribution in [2.45, 2.75) is 38.9 Å². The lowest BCUT2D eigenvalue weighted by Crippen LogP contribution is -2.32. The maximum atomic E-state index is 5.28. The third-order valence-electron chi connectivity index (χ3n) is 3.40. The molecule has 0 bridgehead atoms. The van der Waals surface area contributed by atoms with Gasteiger partial charge in [0.05, 0.1) is 18.8 Å². The van der Waals surface area contributed by atoms with Crippen molar-refractivity contribution in [2.75, 3.05) is 6.54 Å². The molecule has 0 radical (unpaired) electrons. The Morgan fingerprint density at radius 1 is 1.50 bits per heavy atom. The first-order valence-electron chi connectivity index (χ1n) is 6.30. The van der Waals surface area contributed by atoms with Crippen LogP contribution in [0.1, 0.15) is 24.3 Å². The summed E-state index contributed by atoms with van der Waals surface area (Å²) in [6.45, 7) is 4.79. The molecule has 6 heteroatoms. The summed E-state index contributed by atoms with van der Waals surface area (Å²) in [5, 5.41) is 8.10. The van der Waals surface area contributed by atoms with Gasteiger partial charge in [-0.2, -0.15) is 5.10 Å². The van der Waals surface area contributed by atoms with E-state index in [0.717, 1.165) is 31.1 Å². The highest BCUT2D eigenvalue weighted by molar-refractivity contribution is 5.03. The predicted molar refractivity (Wildman–Crippen MR) is 64.7 cm³/mol. The molecule has 96 valence electrons. The molecule has 1 saturated heterocycles. The fraction of sp³-hybridized carbons (Fsp3) is 0.583. The van der Waals surface area contributed by atoms with Crippen LogP contribution in [0.3, 0.4) is 0 Å². The zero-order valence-electron chi connectivity index (χ0n) is 10.5. The Balaban J connectivity index is 1.64. The van der Waals surface area contributed by atoms with Crippen molar-refractivity contribution in [1.82, 2.24) is 24.8 Å². The van der Waals surface area contributed by atoms with Crippen LogP contribution in [0.15, 0.2) is 23.2 Å². The minimum atomic E-state index is 0.511. The molecule has 1 unspecified atom stereocenters. The number of likely N-dealkylation sites (tertiary alicyclic amines) is 1. The van der Waals surface area contributed by atoms with Gasteiger partial charge in [0, 0.05) is 12.1 Å². The van der Waals surface area contributed by atoms with Crippen molar-refractivity contribution in [3.8, 4) is 0 Å². The highest BCUT2D eigenvalue weighted by atomic mass is 16.5. The zero-order valence-corrected chi connectivity index (χ0v) is 10.5. The second kappa shape index (κ2) is 4.89. The molecule has 0 spiro atoms. The van der Waals surface area contributed by atoms with Crippen LogP contribution in [-0.2, 0) is 13.1 Å². The fourth-order valence-corrected chi connectivity index (χ4v) is 2.54. The predicted octanol–water partition coefficient (Wildman–Crippen LogP) is 1.24. The van der Waals surface area contributed by atoms with Gasteiger partial charge in [-0.3, -0.25) is 9.58 Å². The molecule has 0 amide bonds. The van der Waals surface area contributed by atoms with Crippen LogP contribution >= 0.6 is 0 Å². The Kier molecular flexibility index (Phi) is 3.10. The van der Waals surface area contributed by atoms with Crippen LogP contribution in [0.5, 0.6) is 0 Å². The summed E-state index contributed by atoms with van der Waals surface area (Å²) in [6.07, 6.45) is 5.79.